The van der Waals surface area contributed by atoms with Crippen LogP contribution in [0.2, 0.25) is 0 Å². The molecule has 1 aliphatic rings. The third kappa shape index (κ3) is 5.03. The Morgan fingerprint density at radius 1 is 1.38 bits per heavy atom. The third-order valence-electron chi connectivity index (χ3n) is 4.37. The highest BCUT2D eigenvalue weighted by Crippen LogP contribution is 2.30. The first-order valence-electron chi connectivity index (χ1n) is 8.96. The lowest BCUT2D eigenvalue weighted by Gasteiger charge is -2.20. The van der Waals surface area contributed by atoms with E-state index in [0.29, 0.717) is 6.42 Å². The van der Waals surface area contributed by atoms with Gasteiger partial charge in [0.05, 0.1) is 6.61 Å². The van der Waals surface area contributed by atoms with Crippen molar-refractivity contribution in [3.63, 3.8) is 0 Å². The number of esters is 1. The highest BCUT2D eigenvalue weighted by Gasteiger charge is 2.47. The fourth-order valence-corrected chi connectivity index (χ4v) is 2.94. The number of aromatic nitrogens is 2. The Labute approximate surface area is 151 Å². The van der Waals surface area contributed by atoms with Gasteiger partial charge in [-0.05, 0) is 12.5 Å². The predicted octanol–water partition coefficient (Wildman–Crippen LogP) is 0.348. The molecule has 1 aromatic rings. The molecule has 0 bridgehead atoms. The molecule has 0 amide bonds. The molecule has 26 heavy (non-hydrogen) atoms. The Kier molecular flexibility index (Phi) is 7.55. The van der Waals surface area contributed by atoms with Gasteiger partial charge in [-0.1, -0.05) is 32.6 Å². The van der Waals surface area contributed by atoms with Crippen molar-refractivity contribution < 1.29 is 24.5 Å². The maximum atomic E-state index is 12.0. The van der Waals surface area contributed by atoms with Crippen LogP contribution in [-0.4, -0.2) is 50.7 Å². The molecule has 9 nitrogen and oxygen atoms in total. The number of aliphatic hydroxyl groups excluding tert-OH is 2. The van der Waals surface area contributed by atoms with Crippen LogP contribution in [-0.2, 0) is 14.3 Å². The van der Waals surface area contributed by atoms with E-state index in [9.17, 15) is 19.8 Å². The molecule has 1 saturated heterocycles. The van der Waals surface area contributed by atoms with Crippen LogP contribution >= 0.6 is 0 Å². The first-order valence-corrected chi connectivity index (χ1v) is 8.96. The number of ether oxygens (including phenoxy) is 2. The van der Waals surface area contributed by atoms with Gasteiger partial charge in [-0.15, -0.1) is 0 Å². The summed E-state index contributed by atoms with van der Waals surface area (Å²) in [5, 5.41) is 19.9. The highest BCUT2D eigenvalue weighted by molar-refractivity contribution is 5.69. The van der Waals surface area contributed by atoms with E-state index in [4.69, 9.17) is 15.2 Å². The van der Waals surface area contributed by atoms with Crippen molar-refractivity contribution in [2.75, 3.05) is 12.3 Å². The summed E-state index contributed by atoms with van der Waals surface area (Å²) in [4.78, 5) is 27.5. The third-order valence-corrected chi connectivity index (χ3v) is 4.37. The minimum Gasteiger partial charge on any atom is -0.457 e. The summed E-state index contributed by atoms with van der Waals surface area (Å²) in [7, 11) is 0. The molecule has 1 fully saturated rings. The van der Waals surface area contributed by atoms with Gasteiger partial charge in [0.1, 0.15) is 18.0 Å². The van der Waals surface area contributed by atoms with Gasteiger partial charge in [-0.2, -0.15) is 4.98 Å². The molecular weight excluding hydrogens is 342 g/mol. The summed E-state index contributed by atoms with van der Waals surface area (Å²) in [5.41, 5.74) is 4.75. The summed E-state index contributed by atoms with van der Waals surface area (Å²) in [6.45, 7) is 1.66. The smallest absolute Gasteiger partial charge is 0.351 e. The van der Waals surface area contributed by atoms with Gasteiger partial charge < -0.3 is 25.4 Å². The van der Waals surface area contributed by atoms with E-state index in [1.165, 1.54) is 12.3 Å². The maximum absolute atomic E-state index is 12.0. The van der Waals surface area contributed by atoms with Crippen molar-refractivity contribution in [2.24, 2.45) is 0 Å². The number of nitrogens with zero attached hydrogens (tertiary/aromatic N) is 2. The van der Waals surface area contributed by atoms with Crippen LogP contribution in [0.1, 0.15) is 51.7 Å². The molecule has 1 aliphatic heterocycles. The number of hydrogen-bond donors (Lipinski definition) is 3. The molecule has 0 spiro atoms. The van der Waals surface area contributed by atoms with Crippen molar-refractivity contribution in [3.05, 3.63) is 22.7 Å². The predicted molar refractivity (Wildman–Crippen MR) is 93.2 cm³/mol. The van der Waals surface area contributed by atoms with E-state index < -0.39 is 42.8 Å². The van der Waals surface area contributed by atoms with Gasteiger partial charge in [-0.3, -0.25) is 9.36 Å². The van der Waals surface area contributed by atoms with Crippen molar-refractivity contribution in [1.29, 1.82) is 0 Å². The van der Waals surface area contributed by atoms with Crippen LogP contribution in [0.5, 0.6) is 0 Å². The summed E-state index contributed by atoms with van der Waals surface area (Å²) in [6, 6.07) is 1.39. The van der Waals surface area contributed by atoms with Gasteiger partial charge in [0.2, 0.25) is 0 Å². The van der Waals surface area contributed by atoms with Crippen LogP contribution in [0.3, 0.4) is 0 Å². The Morgan fingerprint density at radius 2 is 2.12 bits per heavy atom. The topological polar surface area (TPSA) is 137 Å². The van der Waals surface area contributed by atoms with Gasteiger partial charge in [0.25, 0.3) is 0 Å². The first kappa shape index (κ1) is 20.3. The van der Waals surface area contributed by atoms with Gasteiger partial charge in [-0.25, -0.2) is 4.79 Å². The molecule has 2 heterocycles. The quantitative estimate of drug-likeness (QED) is 0.419. The van der Waals surface area contributed by atoms with E-state index >= 15 is 0 Å². The Hall–Kier alpha value is -1.97. The second kappa shape index (κ2) is 9.65. The SMILES string of the molecule is CCCCCCCC(=O)O[C@H]1[C@H](O)[C@H](n2ccc(N)nc2=O)O[C@@H]1CO. The normalized spacial score (nSPS) is 25.3. The second-order valence-corrected chi connectivity index (χ2v) is 6.40. The fourth-order valence-electron chi connectivity index (χ4n) is 2.94. The number of anilines is 1. The number of nitrogens with two attached hydrogens (primary N) is 1. The minimum atomic E-state index is -1.31. The molecule has 0 aromatic carbocycles. The first-order chi connectivity index (χ1) is 12.5. The molecule has 4 atom stereocenters. The van der Waals surface area contributed by atoms with Crippen molar-refractivity contribution >= 4 is 11.8 Å². The Bertz CT molecular complexity index is 650. The fraction of sp³-hybridized carbons (Fsp3) is 0.706. The van der Waals surface area contributed by atoms with Crippen LogP contribution in [0.4, 0.5) is 5.82 Å². The molecule has 0 unspecified atom stereocenters. The molecular formula is C17H27N3O6. The molecule has 0 aliphatic carbocycles. The van der Waals surface area contributed by atoms with E-state index in [1.807, 2.05) is 0 Å². The second-order valence-electron chi connectivity index (χ2n) is 6.40. The van der Waals surface area contributed by atoms with Crippen molar-refractivity contribution in [1.82, 2.24) is 9.55 Å². The van der Waals surface area contributed by atoms with E-state index in [2.05, 4.69) is 11.9 Å². The molecule has 1 aromatic heterocycles. The molecule has 146 valence electrons. The van der Waals surface area contributed by atoms with Gasteiger partial charge in [0.15, 0.2) is 12.3 Å². The number of aliphatic hydroxyl groups is 2. The van der Waals surface area contributed by atoms with Crippen LogP contribution < -0.4 is 11.4 Å². The number of carbonyl (C=O) groups excluding carboxylic acids is 1. The van der Waals surface area contributed by atoms with Crippen LogP contribution in [0.25, 0.3) is 0 Å². The van der Waals surface area contributed by atoms with E-state index in [1.54, 1.807) is 0 Å². The standard InChI is InChI=1S/C17H27N3O6/c1-2-3-4-5-6-7-13(22)26-15-11(10-21)25-16(14(15)23)20-9-8-12(18)19-17(20)24/h8-9,11,14-16,21,23H,2-7,10H2,1H3,(H2,18,19,24)/t11-,14+,15-,16-/m1/s1. The zero-order chi connectivity index (χ0) is 19.1. The lowest BCUT2D eigenvalue weighted by molar-refractivity contribution is -0.156. The van der Waals surface area contributed by atoms with Crippen LogP contribution in [0.15, 0.2) is 17.1 Å². The number of carbonyl (C=O) groups is 1. The minimum absolute atomic E-state index is 0.0449. The largest absolute Gasteiger partial charge is 0.457 e. The summed E-state index contributed by atoms with van der Waals surface area (Å²) >= 11 is 0. The lowest BCUT2D eigenvalue weighted by atomic mass is 10.1. The zero-order valence-electron chi connectivity index (χ0n) is 14.9. The monoisotopic (exact) mass is 369 g/mol. The van der Waals surface area contributed by atoms with E-state index in [-0.39, 0.29) is 12.2 Å². The molecule has 9 heteroatoms. The average Bonchev–Trinajstić information content (AvgIpc) is 2.91. The zero-order valence-corrected chi connectivity index (χ0v) is 14.9. The number of nitrogen functional groups attached to an aromatic ring is 1. The van der Waals surface area contributed by atoms with Gasteiger partial charge >= 0.3 is 11.7 Å². The van der Waals surface area contributed by atoms with E-state index in [0.717, 1.165) is 30.3 Å². The highest BCUT2D eigenvalue weighted by atomic mass is 16.6. The Balaban J connectivity index is 1.97. The van der Waals surface area contributed by atoms with Crippen LogP contribution in [0, 0.1) is 0 Å². The molecule has 0 saturated carbocycles. The molecule has 4 N–H and O–H groups in total. The average molecular weight is 369 g/mol. The lowest BCUT2D eigenvalue weighted by Crippen LogP contribution is -2.39. The number of unbranched alkanes of at least 4 members (excludes halogenated alkanes) is 4. The van der Waals surface area contributed by atoms with Gasteiger partial charge in [0, 0.05) is 12.6 Å². The number of hydrogen-bond acceptors (Lipinski definition) is 8. The maximum Gasteiger partial charge on any atom is 0.351 e. The summed E-state index contributed by atoms with van der Waals surface area (Å²) < 4.78 is 11.9. The Morgan fingerprint density at radius 3 is 2.77 bits per heavy atom. The molecule has 2 rings (SSSR count). The molecule has 0 radical (unpaired) electrons. The summed E-state index contributed by atoms with van der Waals surface area (Å²) in [5.74, 6) is -0.417. The van der Waals surface area contributed by atoms with Crippen molar-refractivity contribution in [2.45, 2.75) is 70.0 Å². The summed E-state index contributed by atoms with van der Waals surface area (Å²) in [6.07, 6.45) is 2.12. The van der Waals surface area contributed by atoms with Crippen molar-refractivity contribution in [3.8, 4) is 0 Å². The number of rotatable bonds is 9.